The monoisotopic (exact) mass is 246 g/mol. The summed E-state index contributed by atoms with van der Waals surface area (Å²) in [5.74, 6) is 0. The van der Waals surface area contributed by atoms with Gasteiger partial charge in [0, 0.05) is 18.1 Å². The van der Waals surface area contributed by atoms with Crippen LogP contribution in [0.15, 0.2) is 36.5 Å². The molecule has 18 heavy (non-hydrogen) atoms. The van der Waals surface area contributed by atoms with Crippen LogP contribution >= 0.6 is 0 Å². The Kier molecular flexibility index (Phi) is 3.91. The van der Waals surface area contributed by atoms with Gasteiger partial charge in [0.25, 0.3) is 0 Å². The topological polar surface area (TPSA) is 65.4 Å². The van der Waals surface area contributed by atoms with E-state index in [1.807, 2.05) is 24.3 Å². The first-order valence-corrected chi connectivity index (χ1v) is 5.97. The second-order valence-electron chi connectivity index (χ2n) is 4.76. The molecule has 1 heterocycles. The second-order valence-corrected chi connectivity index (χ2v) is 4.76. The van der Waals surface area contributed by atoms with Gasteiger partial charge in [0.1, 0.15) is 0 Å². The highest BCUT2D eigenvalue weighted by molar-refractivity contribution is 5.78. The molecule has 2 aromatic rings. The van der Waals surface area contributed by atoms with E-state index in [4.69, 9.17) is 0 Å². The van der Waals surface area contributed by atoms with Gasteiger partial charge in [-0.05, 0) is 30.7 Å². The Morgan fingerprint density at radius 1 is 1.22 bits per heavy atom. The van der Waals surface area contributed by atoms with Gasteiger partial charge in [0.2, 0.25) is 0 Å². The molecule has 0 aliphatic carbocycles. The molecule has 0 amide bonds. The van der Waals surface area contributed by atoms with Gasteiger partial charge in [-0.3, -0.25) is 4.98 Å². The van der Waals surface area contributed by atoms with Crippen LogP contribution in [0.25, 0.3) is 10.9 Å². The van der Waals surface area contributed by atoms with Gasteiger partial charge in [-0.15, -0.1) is 0 Å². The molecular formula is C14H18N2O2. The highest BCUT2D eigenvalue weighted by atomic mass is 16.3. The highest BCUT2D eigenvalue weighted by Crippen LogP contribution is 2.14. The first-order valence-electron chi connectivity index (χ1n) is 5.97. The van der Waals surface area contributed by atoms with E-state index in [-0.39, 0.29) is 13.2 Å². The molecule has 0 fully saturated rings. The largest absolute Gasteiger partial charge is 0.394 e. The first kappa shape index (κ1) is 13.0. The molecule has 0 unspecified atom stereocenters. The Morgan fingerprint density at radius 3 is 2.72 bits per heavy atom. The van der Waals surface area contributed by atoms with Crippen LogP contribution < -0.4 is 5.32 Å². The molecule has 0 radical (unpaired) electrons. The Labute approximate surface area is 106 Å². The summed E-state index contributed by atoms with van der Waals surface area (Å²) in [5, 5.41) is 22.7. The van der Waals surface area contributed by atoms with Crippen LogP contribution in [0, 0.1) is 0 Å². The van der Waals surface area contributed by atoms with Crippen molar-refractivity contribution in [1.82, 2.24) is 10.3 Å². The summed E-state index contributed by atoms with van der Waals surface area (Å²) in [6.07, 6.45) is 1.77. The number of fused-ring (bicyclic) bond motifs is 1. The molecule has 0 atom stereocenters. The normalized spacial score (nSPS) is 11.9. The maximum absolute atomic E-state index is 9.20. The van der Waals surface area contributed by atoms with Crippen LogP contribution in [0.1, 0.15) is 12.5 Å². The third kappa shape index (κ3) is 2.85. The van der Waals surface area contributed by atoms with E-state index >= 15 is 0 Å². The van der Waals surface area contributed by atoms with Crippen molar-refractivity contribution in [3.8, 4) is 0 Å². The number of nitrogens with zero attached hydrogens (tertiary/aromatic N) is 1. The number of aliphatic hydroxyl groups is 2. The number of hydrogen-bond acceptors (Lipinski definition) is 4. The van der Waals surface area contributed by atoms with Crippen molar-refractivity contribution >= 4 is 10.9 Å². The number of rotatable bonds is 5. The number of pyridine rings is 1. The van der Waals surface area contributed by atoms with E-state index in [2.05, 4.69) is 16.4 Å². The van der Waals surface area contributed by atoms with Gasteiger partial charge < -0.3 is 15.5 Å². The molecule has 0 saturated heterocycles. The molecule has 96 valence electrons. The van der Waals surface area contributed by atoms with Gasteiger partial charge in [0.05, 0.1) is 24.3 Å². The summed E-state index contributed by atoms with van der Waals surface area (Å²) < 4.78 is 0. The van der Waals surface area contributed by atoms with Crippen LogP contribution in [0.4, 0.5) is 0 Å². The molecule has 0 spiro atoms. The molecule has 0 aliphatic heterocycles. The average molecular weight is 246 g/mol. The van der Waals surface area contributed by atoms with Crippen molar-refractivity contribution in [3.63, 3.8) is 0 Å². The number of aliphatic hydroxyl groups excluding tert-OH is 2. The van der Waals surface area contributed by atoms with Gasteiger partial charge in [-0.25, -0.2) is 0 Å². The number of hydrogen-bond donors (Lipinski definition) is 3. The second kappa shape index (κ2) is 5.44. The molecule has 2 rings (SSSR count). The molecule has 4 heteroatoms. The molecule has 3 N–H and O–H groups in total. The summed E-state index contributed by atoms with van der Waals surface area (Å²) in [7, 11) is 0. The smallest absolute Gasteiger partial charge is 0.0702 e. The highest BCUT2D eigenvalue weighted by Gasteiger charge is 2.20. The number of benzene rings is 1. The summed E-state index contributed by atoms with van der Waals surface area (Å²) >= 11 is 0. The lowest BCUT2D eigenvalue weighted by atomic mass is 10.0. The van der Waals surface area contributed by atoms with Crippen molar-refractivity contribution in [1.29, 1.82) is 0 Å². The van der Waals surface area contributed by atoms with Gasteiger partial charge in [0.15, 0.2) is 0 Å². The molecule has 1 aromatic carbocycles. The predicted octanol–water partition coefficient (Wildman–Crippen LogP) is 1.07. The lowest BCUT2D eigenvalue weighted by Crippen LogP contribution is -2.48. The molecular weight excluding hydrogens is 228 g/mol. The molecule has 0 bridgehead atoms. The van der Waals surface area contributed by atoms with Crippen LogP contribution in [0.5, 0.6) is 0 Å². The van der Waals surface area contributed by atoms with E-state index in [1.54, 1.807) is 13.1 Å². The minimum atomic E-state index is -0.649. The van der Waals surface area contributed by atoms with E-state index < -0.39 is 5.54 Å². The Hall–Kier alpha value is -1.49. The zero-order valence-corrected chi connectivity index (χ0v) is 10.4. The SMILES string of the molecule is CC(CO)(CO)NCc1ccc2ncccc2c1. The first-order chi connectivity index (χ1) is 8.67. The third-order valence-electron chi connectivity index (χ3n) is 3.08. The fourth-order valence-corrected chi connectivity index (χ4v) is 1.71. The maximum atomic E-state index is 9.20. The molecule has 0 saturated carbocycles. The number of aromatic nitrogens is 1. The van der Waals surface area contributed by atoms with Gasteiger partial charge in [-0.1, -0.05) is 12.1 Å². The summed E-state index contributed by atoms with van der Waals surface area (Å²) in [6, 6.07) is 9.96. The van der Waals surface area contributed by atoms with Crippen molar-refractivity contribution < 1.29 is 10.2 Å². The Morgan fingerprint density at radius 2 is 2.00 bits per heavy atom. The predicted molar refractivity (Wildman–Crippen MR) is 71.2 cm³/mol. The summed E-state index contributed by atoms with van der Waals surface area (Å²) in [6.45, 7) is 2.19. The lowest BCUT2D eigenvalue weighted by Gasteiger charge is -2.26. The maximum Gasteiger partial charge on any atom is 0.0702 e. The molecule has 1 aromatic heterocycles. The van der Waals surface area contributed by atoms with Crippen molar-refractivity contribution in [2.45, 2.75) is 19.0 Å². The van der Waals surface area contributed by atoms with E-state index in [9.17, 15) is 10.2 Å². The lowest BCUT2D eigenvalue weighted by molar-refractivity contribution is 0.103. The van der Waals surface area contributed by atoms with Crippen LogP contribution in [0.2, 0.25) is 0 Å². The summed E-state index contributed by atoms with van der Waals surface area (Å²) in [5.41, 5.74) is 1.42. The quantitative estimate of drug-likeness (QED) is 0.738. The fraction of sp³-hybridized carbons (Fsp3) is 0.357. The van der Waals surface area contributed by atoms with E-state index in [0.29, 0.717) is 6.54 Å². The number of nitrogens with one attached hydrogen (secondary N) is 1. The minimum Gasteiger partial charge on any atom is -0.394 e. The zero-order valence-electron chi connectivity index (χ0n) is 10.4. The average Bonchev–Trinajstić information content (AvgIpc) is 2.44. The van der Waals surface area contributed by atoms with Gasteiger partial charge >= 0.3 is 0 Å². The summed E-state index contributed by atoms with van der Waals surface area (Å²) in [4.78, 5) is 4.26. The molecule has 0 aliphatic rings. The van der Waals surface area contributed by atoms with E-state index in [1.165, 1.54) is 0 Å². The Balaban J connectivity index is 2.12. The standard InChI is InChI=1S/C14H18N2O2/c1-14(9-17,10-18)16-8-11-4-5-13-12(7-11)3-2-6-15-13/h2-7,16-18H,8-10H2,1H3. The van der Waals surface area contributed by atoms with E-state index in [0.717, 1.165) is 16.5 Å². The molecule has 4 nitrogen and oxygen atoms in total. The van der Waals surface area contributed by atoms with Crippen molar-refractivity contribution in [2.24, 2.45) is 0 Å². The van der Waals surface area contributed by atoms with Crippen LogP contribution in [-0.4, -0.2) is 33.9 Å². The zero-order chi connectivity index (χ0) is 13.0. The Bertz CT molecular complexity index is 524. The minimum absolute atomic E-state index is 0.0986. The van der Waals surface area contributed by atoms with Crippen LogP contribution in [-0.2, 0) is 6.54 Å². The van der Waals surface area contributed by atoms with Crippen molar-refractivity contribution in [3.05, 3.63) is 42.1 Å². The van der Waals surface area contributed by atoms with Gasteiger partial charge in [-0.2, -0.15) is 0 Å². The third-order valence-corrected chi connectivity index (χ3v) is 3.08. The van der Waals surface area contributed by atoms with Crippen molar-refractivity contribution in [2.75, 3.05) is 13.2 Å². The fourth-order valence-electron chi connectivity index (χ4n) is 1.71. The van der Waals surface area contributed by atoms with Crippen LogP contribution in [0.3, 0.4) is 0 Å².